The molecule has 18 heavy (non-hydrogen) atoms. The number of thiazole rings is 1. The van der Waals surface area contributed by atoms with Crippen LogP contribution in [0.5, 0.6) is 0 Å². The fourth-order valence-corrected chi connectivity index (χ4v) is 2.50. The highest BCUT2D eigenvalue weighted by atomic mass is 32.2. The van der Waals surface area contributed by atoms with Crippen LogP contribution < -0.4 is 0 Å². The summed E-state index contributed by atoms with van der Waals surface area (Å²) in [5.74, 6) is -0.527. The van der Waals surface area contributed by atoms with Gasteiger partial charge in [-0.25, -0.2) is 9.78 Å². The third kappa shape index (κ3) is 4.05. The number of aromatic nitrogens is 1. The molecule has 0 saturated carbocycles. The van der Waals surface area contributed by atoms with Crippen molar-refractivity contribution >= 4 is 34.2 Å². The molecule has 0 aliphatic heterocycles. The fourth-order valence-electron chi connectivity index (χ4n) is 1.08. The molecule has 0 fully saturated rings. The number of aliphatic hydroxyl groups excluding tert-OH is 2. The van der Waals surface area contributed by atoms with E-state index in [1.165, 1.54) is 19.4 Å². The maximum absolute atomic E-state index is 11.2. The number of methoxy groups -OCH3 is 1. The van der Waals surface area contributed by atoms with Crippen LogP contribution in [0.2, 0.25) is 0 Å². The molecule has 2 unspecified atom stereocenters. The summed E-state index contributed by atoms with van der Waals surface area (Å²) in [5.41, 5.74) is 0.0861. The summed E-state index contributed by atoms with van der Waals surface area (Å²) in [4.78, 5) is 25.8. The Hall–Kier alpha value is -0.960. The summed E-state index contributed by atoms with van der Waals surface area (Å²) in [6.07, 6.45) is -2.34. The Morgan fingerprint density at radius 3 is 2.78 bits per heavy atom. The van der Waals surface area contributed by atoms with Gasteiger partial charge < -0.3 is 14.9 Å². The summed E-state index contributed by atoms with van der Waals surface area (Å²) in [7, 11) is 1.23. The number of nitrogens with zero attached hydrogens (tertiary/aromatic N) is 1. The number of aliphatic hydroxyl groups is 2. The Bertz CT molecular complexity index is 434. The van der Waals surface area contributed by atoms with Gasteiger partial charge in [-0.2, -0.15) is 0 Å². The lowest BCUT2D eigenvalue weighted by Gasteiger charge is -2.14. The number of carbonyl (C=O) groups excluding carboxylic acids is 2. The molecule has 1 heterocycles. The molecule has 0 spiro atoms. The maximum Gasteiger partial charge on any atom is 0.357 e. The van der Waals surface area contributed by atoms with Crippen molar-refractivity contribution in [3.63, 3.8) is 0 Å². The minimum Gasteiger partial charge on any atom is -0.464 e. The molecule has 0 saturated heterocycles. The summed E-state index contributed by atoms with van der Waals surface area (Å²) in [5, 5.41) is 21.0. The highest BCUT2D eigenvalue weighted by Gasteiger charge is 2.23. The normalized spacial score (nSPS) is 14.0. The number of hydrogen-bond acceptors (Lipinski definition) is 8. The maximum atomic E-state index is 11.2. The Kier molecular flexibility index (Phi) is 5.73. The summed E-state index contributed by atoms with van der Waals surface area (Å²) in [6, 6.07) is 0. The van der Waals surface area contributed by atoms with E-state index in [9.17, 15) is 19.8 Å². The molecule has 1 rings (SSSR count). The summed E-state index contributed by atoms with van der Waals surface area (Å²) < 4.78 is 4.48. The van der Waals surface area contributed by atoms with Crippen LogP contribution in [0.1, 0.15) is 28.5 Å². The van der Waals surface area contributed by atoms with Gasteiger partial charge in [-0.05, 0) is 0 Å². The van der Waals surface area contributed by atoms with Gasteiger partial charge >= 0.3 is 5.97 Å². The molecule has 6 nitrogen and oxygen atoms in total. The molecule has 100 valence electrons. The van der Waals surface area contributed by atoms with Crippen molar-refractivity contribution in [3.05, 3.63) is 16.1 Å². The van der Waals surface area contributed by atoms with Crippen molar-refractivity contribution in [1.82, 2.24) is 4.98 Å². The fraction of sp³-hybridized carbons (Fsp3) is 0.500. The van der Waals surface area contributed by atoms with Gasteiger partial charge in [-0.15, -0.1) is 11.3 Å². The average molecular weight is 291 g/mol. The van der Waals surface area contributed by atoms with Crippen LogP contribution in [0.4, 0.5) is 0 Å². The number of rotatable bonds is 5. The number of hydrogen-bond donors (Lipinski definition) is 2. The monoisotopic (exact) mass is 291 g/mol. The first-order chi connectivity index (χ1) is 8.45. The van der Waals surface area contributed by atoms with Crippen molar-refractivity contribution < 1.29 is 24.5 Å². The van der Waals surface area contributed by atoms with Crippen LogP contribution in [0.25, 0.3) is 0 Å². The van der Waals surface area contributed by atoms with E-state index in [0.717, 1.165) is 23.1 Å². The third-order valence-corrected chi connectivity index (χ3v) is 3.82. The van der Waals surface area contributed by atoms with Crippen molar-refractivity contribution in [2.45, 2.75) is 19.1 Å². The van der Waals surface area contributed by atoms with Gasteiger partial charge in [-0.3, -0.25) is 4.79 Å². The standard InChI is InChI=1S/C10H13NO5S2/c1-5(12)17-4-7(13)8(14)9-11-6(3-18-9)10(15)16-2/h3,7-8,13-14H,4H2,1-2H3. The molecule has 0 radical (unpaired) electrons. The van der Waals surface area contributed by atoms with E-state index in [2.05, 4.69) is 9.72 Å². The van der Waals surface area contributed by atoms with E-state index < -0.39 is 18.2 Å². The lowest BCUT2D eigenvalue weighted by molar-refractivity contribution is -0.109. The number of esters is 1. The van der Waals surface area contributed by atoms with E-state index in [1.54, 1.807) is 0 Å². The second kappa shape index (κ2) is 6.83. The third-order valence-electron chi connectivity index (χ3n) is 1.99. The Morgan fingerprint density at radius 2 is 2.22 bits per heavy atom. The summed E-state index contributed by atoms with van der Waals surface area (Å²) in [6.45, 7) is 1.38. The second-order valence-corrected chi connectivity index (χ2v) is 5.46. The minimum absolute atomic E-state index is 0.0731. The predicted molar refractivity (Wildman–Crippen MR) is 67.6 cm³/mol. The van der Waals surface area contributed by atoms with Crippen LogP contribution in [0.3, 0.4) is 0 Å². The van der Waals surface area contributed by atoms with Gasteiger partial charge in [0.15, 0.2) is 10.8 Å². The molecule has 2 N–H and O–H groups in total. The molecule has 0 aliphatic rings. The zero-order valence-electron chi connectivity index (χ0n) is 9.82. The molecule has 0 aliphatic carbocycles. The molecule has 0 aromatic carbocycles. The SMILES string of the molecule is COC(=O)c1csc(C(O)C(O)CSC(C)=O)n1. The number of carbonyl (C=O) groups is 2. The lowest BCUT2D eigenvalue weighted by Crippen LogP contribution is -2.21. The van der Waals surface area contributed by atoms with Crippen molar-refractivity contribution in [3.8, 4) is 0 Å². The minimum atomic E-state index is -1.22. The highest BCUT2D eigenvalue weighted by molar-refractivity contribution is 8.13. The molecule has 1 aromatic heterocycles. The zero-order chi connectivity index (χ0) is 13.7. The van der Waals surface area contributed by atoms with Crippen LogP contribution in [-0.4, -0.2) is 45.2 Å². The van der Waals surface area contributed by atoms with E-state index in [0.29, 0.717) is 0 Å². The van der Waals surface area contributed by atoms with E-state index in [1.807, 2.05) is 0 Å². The smallest absolute Gasteiger partial charge is 0.357 e. The first-order valence-corrected chi connectivity index (χ1v) is 6.85. The van der Waals surface area contributed by atoms with Crippen LogP contribution in [-0.2, 0) is 9.53 Å². The zero-order valence-corrected chi connectivity index (χ0v) is 11.5. The van der Waals surface area contributed by atoms with Crippen LogP contribution in [0, 0.1) is 0 Å². The first kappa shape index (κ1) is 15.1. The molecular weight excluding hydrogens is 278 g/mol. The van der Waals surface area contributed by atoms with E-state index in [4.69, 9.17) is 0 Å². The molecule has 0 amide bonds. The van der Waals surface area contributed by atoms with Gasteiger partial charge in [0.2, 0.25) is 0 Å². The molecular formula is C10H13NO5S2. The molecule has 1 aromatic rings. The Balaban J connectivity index is 2.65. The van der Waals surface area contributed by atoms with E-state index >= 15 is 0 Å². The van der Waals surface area contributed by atoms with Gasteiger partial charge in [-0.1, -0.05) is 11.8 Å². The van der Waals surface area contributed by atoms with Crippen LogP contribution in [0.15, 0.2) is 5.38 Å². The molecule has 8 heteroatoms. The van der Waals surface area contributed by atoms with Gasteiger partial charge in [0.1, 0.15) is 11.1 Å². The van der Waals surface area contributed by atoms with Crippen molar-refractivity contribution in [2.75, 3.05) is 12.9 Å². The topological polar surface area (TPSA) is 96.7 Å². The van der Waals surface area contributed by atoms with Crippen molar-refractivity contribution in [2.24, 2.45) is 0 Å². The van der Waals surface area contributed by atoms with Gasteiger partial charge in [0.05, 0.1) is 13.2 Å². The predicted octanol–water partition coefficient (Wildman–Crippen LogP) is 0.604. The van der Waals surface area contributed by atoms with Crippen LogP contribution >= 0.6 is 23.1 Å². The van der Waals surface area contributed by atoms with Crippen molar-refractivity contribution in [1.29, 1.82) is 0 Å². The average Bonchev–Trinajstić information content (AvgIpc) is 2.83. The number of thioether (sulfide) groups is 1. The molecule has 0 bridgehead atoms. The Labute approximate surface area is 112 Å². The highest BCUT2D eigenvalue weighted by Crippen LogP contribution is 2.23. The van der Waals surface area contributed by atoms with Gasteiger partial charge in [0.25, 0.3) is 0 Å². The van der Waals surface area contributed by atoms with Gasteiger partial charge in [0, 0.05) is 18.1 Å². The second-order valence-electron chi connectivity index (χ2n) is 3.38. The first-order valence-electron chi connectivity index (χ1n) is 4.99. The Morgan fingerprint density at radius 1 is 1.56 bits per heavy atom. The lowest BCUT2D eigenvalue weighted by atomic mass is 10.2. The summed E-state index contributed by atoms with van der Waals surface area (Å²) >= 11 is 1.96. The quantitative estimate of drug-likeness (QED) is 0.767. The number of ether oxygens (including phenoxy) is 1. The largest absolute Gasteiger partial charge is 0.464 e. The molecule has 2 atom stereocenters. The van der Waals surface area contributed by atoms with E-state index in [-0.39, 0.29) is 21.6 Å².